The number of unbranched alkanes of at least 4 members (excludes halogenated alkanes) is 6. The second-order valence-electron chi connectivity index (χ2n) is 6.57. The van der Waals surface area contributed by atoms with Crippen molar-refractivity contribution in [3.8, 4) is 0 Å². The molecule has 0 amide bonds. The lowest BCUT2D eigenvalue weighted by Crippen LogP contribution is -2.15. The van der Waals surface area contributed by atoms with Crippen LogP contribution in [0.2, 0.25) is 0 Å². The summed E-state index contributed by atoms with van der Waals surface area (Å²) in [6.07, 6.45) is 13.5. The molecule has 0 aliphatic heterocycles. The van der Waals surface area contributed by atoms with Gasteiger partial charge in [0, 0.05) is 18.8 Å². The van der Waals surface area contributed by atoms with Gasteiger partial charge in [0.15, 0.2) is 0 Å². The third kappa shape index (κ3) is 7.63. The lowest BCUT2D eigenvalue weighted by molar-refractivity contribution is -0.137. The molecule has 0 aromatic heterocycles. The van der Waals surface area contributed by atoms with Crippen molar-refractivity contribution in [1.29, 1.82) is 0 Å². The molecule has 1 rings (SSSR count). The Bertz CT molecular complexity index is 312. The molecule has 1 aliphatic carbocycles. The van der Waals surface area contributed by atoms with Gasteiger partial charge in [0.1, 0.15) is 5.78 Å². The maximum Gasteiger partial charge on any atom is 0.303 e. The zero-order valence-electron chi connectivity index (χ0n) is 13.6. The highest BCUT2D eigenvalue weighted by Crippen LogP contribution is 2.36. The molecule has 0 aromatic carbocycles. The monoisotopic (exact) mass is 296 g/mol. The summed E-state index contributed by atoms with van der Waals surface area (Å²) in [5.74, 6) is 0.730. The molecule has 21 heavy (non-hydrogen) atoms. The minimum Gasteiger partial charge on any atom is -0.481 e. The molecule has 1 fully saturated rings. The summed E-state index contributed by atoms with van der Waals surface area (Å²) in [6.45, 7) is 2.23. The summed E-state index contributed by atoms with van der Waals surface area (Å²) in [7, 11) is 0. The van der Waals surface area contributed by atoms with Gasteiger partial charge >= 0.3 is 5.97 Å². The average molecular weight is 296 g/mol. The molecular formula is C18H32O3. The van der Waals surface area contributed by atoms with Crippen molar-refractivity contribution in [3.63, 3.8) is 0 Å². The predicted molar refractivity (Wildman–Crippen MR) is 85.3 cm³/mol. The summed E-state index contributed by atoms with van der Waals surface area (Å²) in [5, 5.41) is 8.59. The van der Waals surface area contributed by atoms with E-state index >= 15 is 0 Å². The van der Waals surface area contributed by atoms with E-state index in [2.05, 4.69) is 6.92 Å². The van der Waals surface area contributed by atoms with Gasteiger partial charge in [0.05, 0.1) is 0 Å². The topological polar surface area (TPSA) is 54.4 Å². The lowest BCUT2D eigenvalue weighted by Gasteiger charge is -2.18. The molecule has 0 unspecified atom stereocenters. The van der Waals surface area contributed by atoms with Crippen LogP contribution in [0, 0.1) is 11.8 Å². The predicted octanol–water partition coefficient (Wildman–Crippen LogP) is 4.98. The summed E-state index contributed by atoms with van der Waals surface area (Å²) in [6, 6.07) is 0. The maximum atomic E-state index is 12.0. The molecule has 2 atom stereocenters. The highest BCUT2D eigenvalue weighted by atomic mass is 16.4. The van der Waals surface area contributed by atoms with Crippen LogP contribution in [0.1, 0.15) is 90.4 Å². The smallest absolute Gasteiger partial charge is 0.303 e. The zero-order valence-corrected chi connectivity index (χ0v) is 13.6. The van der Waals surface area contributed by atoms with Gasteiger partial charge in [-0.3, -0.25) is 9.59 Å². The first kappa shape index (κ1) is 18.2. The molecule has 0 bridgehead atoms. The van der Waals surface area contributed by atoms with Crippen molar-refractivity contribution in [2.75, 3.05) is 0 Å². The minimum atomic E-state index is -0.701. The second kappa shape index (κ2) is 10.8. The van der Waals surface area contributed by atoms with Crippen LogP contribution in [0.25, 0.3) is 0 Å². The number of rotatable bonds is 12. The van der Waals surface area contributed by atoms with Gasteiger partial charge in [0.2, 0.25) is 0 Å². The molecule has 0 spiro atoms. The Labute approximate surface area is 129 Å². The molecule has 1 aliphatic rings. The van der Waals surface area contributed by atoms with E-state index in [4.69, 9.17) is 5.11 Å². The van der Waals surface area contributed by atoms with E-state index in [0.717, 1.165) is 44.9 Å². The first-order valence-corrected chi connectivity index (χ1v) is 8.89. The number of carbonyl (C=O) groups is 2. The van der Waals surface area contributed by atoms with Gasteiger partial charge in [-0.25, -0.2) is 0 Å². The Morgan fingerprint density at radius 3 is 2.43 bits per heavy atom. The standard InChI is InChI=1S/C18H32O3/c1-2-3-4-7-10-15-13-14-17(19)16(15)11-8-5-6-9-12-18(20)21/h15-16H,2-14H2,1H3,(H,20,21)/t15-,16+/m0/s1. The Kier molecular flexibility index (Phi) is 9.36. The number of carboxylic acids is 1. The van der Waals surface area contributed by atoms with Crippen LogP contribution in [0.5, 0.6) is 0 Å². The fourth-order valence-electron chi connectivity index (χ4n) is 3.55. The van der Waals surface area contributed by atoms with Crippen LogP contribution in [-0.2, 0) is 9.59 Å². The molecule has 1 N–H and O–H groups in total. The first-order chi connectivity index (χ1) is 10.1. The van der Waals surface area contributed by atoms with Crippen LogP contribution in [0.15, 0.2) is 0 Å². The zero-order chi connectivity index (χ0) is 15.5. The van der Waals surface area contributed by atoms with Crippen LogP contribution in [0.3, 0.4) is 0 Å². The number of carboxylic acid groups (broad SMARTS) is 1. The Balaban J connectivity index is 2.14. The molecular weight excluding hydrogens is 264 g/mol. The average Bonchev–Trinajstić information content (AvgIpc) is 2.79. The maximum absolute atomic E-state index is 12.0. The van der Waals surface area contributed by atoms with Crippen molar-refractivity contribution in [1.82, 2.24) is 0 Å². The van der Waals surface area contributed by atoms with E-state index < -0.39 is 5.97 Å². The van der Waals surface area contributed by atoms with Crippen molar-refractivity contribution < 1.29 is 14.7 Å². The van der Waals surface area contributed by atoms with Crippen LogP contribution < -0.4 is 0 Å². The first-order valence-electron chi connectivity index (χ1n) is 8.89. The van der Waals surface area contributed by atoms with Crippen LogP contribution >= 0.6 is 0 Å². The fraction of sp³-hybridized carbons (Fsp3) is 0.889. The largest absolute Gasteiger partial charge is 0.481 e. The minimum absolute atomic E-state index is 0.280. The Morgan fingerprint density at radius 1 is 1.05 bits per heavy atom. The number of aliphatic carboxylic acids is 1. The molecule has 3 nitrogen and oxygen atoms in total. The fourth-order valence-corrected chi connectivity index (χ4v) is 3.55. The van der Waals surface area contributed by atoms with Gasteiger partial charge in [-0.2, -0.15) is 0 Å². The SMILES string of the molecule is CCCCCC[C@H]1CCC(=O)[C@@H]1CCCCCCC(=O)O. The number of hydrogen-bond donors (Lipinski definition) is 1. The molecule has 0 saturated heterocycles. The number of Topliss-reactive ketones (excluding diaryl/α,β-unsaturated/α-hetero) is 1. The second-order valence-corrected chi connectivity index (χ2v) is 6.57. The quantitative estimate of drug-likeness (QED) is 0.517. The number of ketones is 1. The highest BCUT2D eigenvalue weighted by Gasteiger charge is 2.33. The van der Waals surface area contributed by atoms with Gasteiger partial charge < -0.3 is 5.11 Å². The summed E-state index contributed by atoms with van der Waals surface area (Å²) in [4.78, 5) is 22.4. The van der Waals surface area contributed by atoms with Crippen molar-refractivity contribution >= 4 is 11.8 Å². The van der Waals surface area contributed by atoms with Crippen LogP contribution in [-0.4, -0.2) is 16.9 Å². The van der Waals surface area contributed by atoms with E-state index in [1.54, 1.807) is 0 Å². The van der Waals surface area contributed by atoms with E-state index in [-0.39, 0.29) is 6.42 Å². The third-order valence-electron chi connectivity index (χ3n) is 4.83. The van der Waals surface area contributed by atoms with Gasteiger partial charge in [-0.1, -0.05) is 51.9 Å². The molecule has 1 saturated carbocycles. The van der Waals surface area contributed by atoms with E-state index in [0.29, 0.717) is 17.6 Å². The lowest BCUT2D eigenvalue weighted by atomic mass is 9.86. The van der Waals surface area contributed by atoms with Crippen LogP contribution in [0.4, 0.5) is 0 Å². The van der Waals surface area contributed by atoms with Gasteiger partial charge in [-0.05, 0) is 31.6 Å². The number of carbonyl (C=O) groups excluding carboxylic acids is 1. The summed E-state index contributed by atoms with van der Waals surface area (Å²) < 4.78 is 0. The van der Waals surface area contributed by atoms with Crippen molar-refractivity contribution in [2.24, 2.45) is 11.8 Å². The third-order valence-corrected chi connectivity index (χ3v) is 4.83. The van der Waals surface area contributed by atoms with Gasteiger partial charge in [-0.15, -0.1) is 0 Å². The Hall–Kier alpha value is -0.860. The summed E-state index contributed by atoms with van der Waals surface area (Å²) >= 11 is 0. The molecule has 0 radical (unpaired) electrons. The molecule has 3 heteroatoms. The molecule has 0 heterocycles. The highest BCUT2D eigenvalue weighted by molar-refractivity contribution is 5.83. The molecule has 0 aromatic rings. The summed E-state index contributed by atoms with van der Waals surface area (Å²) in [5.41, 5.74) is 0. The normalized spacial score (nSPS) is 21.9. The van der Waals surface area contributed by atoms with E-state index in [1.807, 2.05) is 0 Å². The molecule has 122 valence electrons. The van der Waals surface area contributed by atoms with E-state index in [9.17, 15) is 9.59 Å². The van der Waals surface area contributed by atoms with Gasteiger partial charge in [0.25, 0.3) is 0 Å². The van der Waals surface area contributed by atoms with Crippen molar-refractivity contribution in [2.45, 2.75) is 90.4 Å². The number of hydrogen-bond acceptors (Lipinski definition) is 2. The van der Waals surface area contributed by atoms with E-state index in [1.165, 1.54) is 32.1 Å². The Morgan fingerprint density at radius 2 is 1.71 bits per heavy atom. The van der Waals surface area contributed by atoms with Crippen molar-refractivity contribution in [3.05, 3.63) is 0 Å².